The van der Waals surface area contributed by atoms with Gasteiger partial charge in [-0.3, -0.25) is 0 Å². The molecule has 0 bridgehead atoms. The van der Waals surface area contributed by atoms with Crippen LogP contribution in [0.1, 0.15) is 68.5 Å². The molecule has 0 aromatic heterocycles. The highest BCUT2D eigenvalue weighted by Gasteiger charge is 2.18. The summed E-state index contributed by atoms with van der Waals surface area (Å²) in [5.41, 5.74) is 14.4. The molecule has 112 valence electrons. The molecule has 1 aromatic carbocycles. The Hall–Kier alpha value is -1.06. The third kappa shape index (κ3) is 3.74. The first-order valence-electron chi connectivity index (χ1n) is 7.98. The Morgan fingerprint density at radius 2 is 2.00 bits per heavy atom. The summed E-state index contributed by atoms with van der Waals surface area (Å²) in [5.74, 6) is 1.59. The topological polar surface area (TPSA) is 61.3 Å². The van der Waals surface area contributed by atoms with Crippen LogP contribution in [-0.4, -0.2) is 13.2 Å². The Morgan fingerprint density at radius 1 is 1.25 bits per heavy atom. The number of ether oxygens (including phenoxy) is 1. The highest BCUT2D eigenvalue weighted by Crippen LogP contribution is 2.35. The van der Waals surface area contributed by atoms with E-state index < -0.39 is 0 Å². The number of rotatable bonds is 6. The lowest BCUT2D eigenvalue weighted by Gasteiger charge is -2.24. The Bertz CT molecular complexity index is 413. The maximum atomic E-state index is 6.16. The molecule has 1 unspecified atom stereocenters. The second-order valence-corrected chi connectivity index (χ2v) is 5.82. The number of benzene rings is 1. The predicted molar refractivity (Wildman–Crippen MR) is 84.0 cm³/mol. The maximum Gasteiger partial charge on any atom is 0.124 e. The van der Waals surface area contributed by atoms with E-state index in [0.717, 1.165) is 24.3 Å². The van der Waals surface area contributed by atoms with Gasteiger partial charge in [-0.15, -0.1) is 0 Å². The third-order valence-electron chi connectivity index (χ3n) is 4.23. The zero-order valence-corrected chi connectivity index (χ0v) is 12.6. The highest BCUT2D eigenvalue weighted by atomic mass is 16.5. The summed E-state index contributed by atoms with van der Waals surface area (Å²) in [6.45, 7) is 3.29. The summed E-state index contributed by atoms with van der Waals surface area (Å²) in [6.07, 6.45) is 7.66. The van der Waals surface area contributed by atoms with Gasteiger partial charge in [-0.25, -0.2) is 0 Å². The van der Waals surface area contributed by atoms with E-state index in [1.54, 1.807) is 0 Å². The van der Waals surface area contributed by atoms with E-state index in [1.807, 2.05) is 0 Å². The van der Waals surface area contributed by atoms with Crippen LogP contribution in [0.25, 0.3) is 0 Å². The zero-order chi connectivity index (χ0) is 14.4. The fourth-order valence-corrected chi connectivity index (χ4v) is 3.02. The summed E-state index contributed by atoms with van der Waals surface area (Å²) >= 11 is 0. The molecule has 0 aliphatic heterocycles. The van der Waals surface area contributed by atoms with Crippen LogP contribution in [0.15, 0.2) is 18.2 Å². The van der Waals surface area contributed by atoms with Crippen LogP contribution >= 0.6 is 0 Å². The minimum atomic E-state index is -0.134. The molecule has 3 heteroatoms. The molecule has 0 heterocycles. The molecule has 0 saturated heterocycles. The molecule has 0 spiro atoms. The standard InChI is InChI=1S/C17H28N2O/c1-2-10-20-17-9-8-14(11-15(17)16(19)12-18)13-6-4-3-5-7-13/h8-9,11,13,16H,2-7,10,12,18-19H2,1H3. The molecule has 1 atom stereocenters. The predicted octanol–water partition coefficient (Wildman–Crippen LogP) is 3.48. The molecule has 1 aliphatic rings. The van der Waals surface area contributed by atoms with Crippen molar-refractivity contribution >= 4 is 0 Å². The van der Waals surface area contributed by atoms with Gasteiger partial charge in [0.15, 0.2) is 0 Å². The highest BCUT2D eigenvalue weighted by molar-refractivity contribution is 5.41. The smallest absolute Gasteiger partial charge is 0.124 e. The van der Waals surface area contributed by atoms with Crippen LogP contribution in [0.5, 0.6) is 5.75 Å². The Labute approximate surface area is 122 Å². The van der Waals surface area contributed by atoms with Gasteiger partial charge in [-0.2, -0.15) is 0 Å². The van der Waals surface area contributed by atoms with Crippen molar-refractivity contribution < 1.29 is 4.74 Å². The molecule has 1 fully saturated rings. The fraction of sp³-hybridized carbons (Fsp3) is 0.647. The van der Waals surface area contributed by atoms with Gasteiger partial charge in [0.2, 0.25) is 0 Å². The van der Waals surface area contributed by atoms with E-state index in [9.17, 15) is 0 Å². The zero-order valence-electron chi connectivity index (χ0n) is 12.6. The van der Waals surface area contributed by atoms with Crippen molar-refractivity contribution in [2.24, 2.45) is 11.5 Å². The fourth-order valence-electron chi connectivity index (χ4n) is 3.02. The number of hydrogen-bond acceptors (Lipinski definition) is 3. The van der Waals surface area contributed by atoms with Gasteiger partial charge in [0.1, 0.15) is 5.75 Å². The first kappa shape index (κ1) is 15.3. The molecule has 4 N–H and O–H groups in total. The van der Waals surface area contributed by atoms with Crippen molar-refractivity contribution in [1.82, 2.24) is 0 Å². The second-order valence-electron chi connectivity index (χ2n) is 5.82. The average molecular weight is 276 g/mol. The van der Waals surface area contributed by atoms with Gasteiger partial charge >= 0.3 is 0 Å². The lowest BCUT2D eigenvalue weighted by Crippen LogP contribution is -2.22. The Morgan fingerprint density at radius 3 is 2.65 bits per heavy atom. The van der Waals surface area contributed by atoms with E-state index in [-0.39, 0.29) is 6.04 Å². The van der Waals surface area contributed by atoms with Gasteiger partial charge in [0.25, 0.3) is 0 Å². The first-order chi connectivity index (χ1) is 9.76. The summed E-state index contributed by atoms with van der Waals surface area (Å²) < 4.78 is 5.82. The maximum absolute atomic E-state index is 6.16. The molecule has 0 amide bonds. The molecule has 1 saturated carbocycles. The molecule has 3 nitrogen and oxygen atoms in total. The van der Waals surface area contributed by atoms with Crippen LogP contribution in [0.3, 0.4) is 0 Å². The van der Waals surface area contributed by atoms with Crippen LogP contribution in [-0.2, 0) is 0 Å². The molecule has 1 aliphatic carbocycles. The van der Waals surface area contributed by atoms with E-state index in [1.165, 1.54) is 37.7 Å². The summed E-state index contributed by atoms with van der Waals surface area (Å²) in [6, 6.07) is 6.40. The Kier molecular flexibility index (Phi) is 5.86. The number of nitrogens with two attached hydrogens (primary N) is 2. The van der Waals surface area contributed by atoms with Gasteiger partial charge < -0.3 is 16.2 Å². The van der Waals surface area contributed by atoms with E-state index in [4.69, 9.17) is 16.2 Å². The second kappa shape index (κ2) is 7.65. The normalized spacial score (nSPS) is 17.9. The van der Waals surface area contributed by atoms with E-state index in [0.29, 0.717) is 12.5 Å². The number of hydrogen-bond donors (Lipinski definition) is 2. The molecular weight excluding hydrogens is 248 g/mol. The summed E-state index contributed by atoms with van der Waals surface area (Å²) in [4.78, 5) is 0. The van der Waals surface area contributed by atoms with Crippen molar-refractivity contribution in [3.8, 4) is 5.75 Å². The lowest BCUT2D eigenvalue weighted by atomic mass is 9.83. The summed E-state index contributed by atoms with van der Waals surface area (Å²) in [7, 11) is 0. The van der Waals surface area contributed by atoms with Crippen LogP contribution < -0.4 is 16.2 Å². The molecule has 20 heavy (non-hydrogen) atoms. The van der Waals surface area contributed by atoms with Gasteiger partial charge in [-0.05, 0) is 36.8 Å². The van der Waals surface area contributed by atoms with Crippen LogP contribution in [0, 0.1) is 0 Å². The minimum absolute atomic E-state index is 0.134. The van der Waals surface area contributed by atoms with Gasteiger partial charge in [0, 0.05) is 18.2 Å². The van der Waals surface area contributed by atoms with Gasteiger partial charge in [-0.1, -0.05) is 38.3 Å². The molecular formula is C17H28N2O. The lowest BCUT2D eigenvalue weighted by molar-refractivity contribution is 0.312. The van der Waals surface area contributed by atoms with Crippen LogP contribution in [0.2, 0.25) is 0 Å². The van der Waals surface area contributed by atoms with Gasteiger partial charge in [0.05, 0.1) is 6.61 Å². The minimum Gasteiger partial charge on any atom is -0.493 e. The van der Waals surface area contributed by atoms with Crippen molar-refractivity contribution in [1.29, 1.82) is 0 Å². The average Bonchev–Trinajstić information content (AvgIpc) is 2.53. The monoisotopic (exact) mass is 276 g/mol. The van der Waals surface area contributed by atoms with Crippen molar-refractivity contribution in [2.45, 2.75) is 57.4 Å². The van der Waals surface area contributed by atoms with Crippen LogP contribution in [0.4, 0.5) is 0 Å². The largest absolute Gasteiger partial charge is 0.493 e. The van der Waals surface area contributed by atoms with E-state index >= 15 is 0 Å². The SMILES string of the molecule is CCCOc1ccc(C2CCCCC2)cc1C(N)CN. The molecule has 1 aromatic rings. The van der Waals surface area contributed by atoms with E-state index in [2.05, 4.69) is 25.1 Å². The first-order valence-corrected chi connectivity index (χ1v) is 7.98. The third-order valence-corrected chi connectivity index (χ3v) is 4.23. The van der Waals surface area contributed by atoms with Crippen molar-refractivity contribution in [2.75, 3.05) is 13.2 Å². The quantitative estimate of drug-likeness (QED) is 0.836. The molecule has 0 radical (unpaired) electrons. The van der Waals surface area contributed by atoms with Crippen molar-refractivity contribution in [3.63, 3.8) is 0 Å². The Balaban J connectivity index is 2.22. The van der Waals surface area contributed by atoms with Crippen molar-refractivity contribution in [3.05, 3.63) is 29.3 Å². The molecule has 2 rings (SSSR count). The summed E-state index contributed by atoms with van der Waals surface area (Å²) in [5, 5.41) is 0.